The lowest BCUT2D eigenvalue weighted by Crippen LogP contribution is -2.43. The number of para-hydroxylation sites is 1. The van der Waals surface area contributed by atoms with Gasteiger partial charge >= 0.3 is 6.36 Å². The van der Waals surface area contributed by atoms with E-state index in [1.54, 1.807) is 20.2 Å². The molecule has 0 bridgehead atoms. The van der Waals surface area contributed by atoms with E-state index in [9.17, 15) is 18.0 Å². The summed E-state index contributed by atoms with van der Waals surface area (Å²) in [6.07, 6.45) is -4.07. The summed E-state index contributed by atoms with van der Waals surface area (Å²) in [7, 11) is 3.25. The average molecular weight is 532 g/mol. The second kappa shape index (κ2) is 14.3. The topological polar surface area (TPSA) is 75.2 Å². The normalized spacial score (nSPS) is 11.4. The van der Waals surface area contributed by atoms with Crippen LogP contribution >= 0.6 is 24.0 Å². The molecule has 0 aliphatic carbocycles. The van der Waals surface area contributed by atoms with Gasteiger partial charge in [-0.2, -0.15) is 0 Å². The Morgan fingerprint density at radius 3 is 2.52 bits per heavy atom. The Hall–Kier alpha value is -1.76. The number of hydrogen-bond donors (Lipinski definition) is 2. The van der Waals surface area contributed by atoms with E-state index in [0.717, 1.165) is 0 Å². The molecule has 1 amide bonds. The van der Waals surface area contributed by atoms with Crippen LogP contribution in [0.15, 0.2) is 29.3 Å². The quantitative estimate of drug-likeness (QED) is 0.210. The van der Waals surface area contributed by atoms with Crippen LogP contribution < -0.4 is 15.4 Å². The molecule has 1 aromatic rings. The maximum atomic E-state index is 12.5. The fourth-order valence-corrected chi connectivity index (χ4v) is 2.04. The third-order valence-electron chi connectivity index (χ3n) is 3.47. The maximum absolute atomic E-state index is 12.5. The van der Waals surface area contributed by atoms with Crippen molar-refractivity contribution in [3.8, 4) is 5.75 Å². The highest BCUT2D eigenvalue weighted by molar-refractivity contribution is 14.0. The summed E-state index contributed by atoms with van der Waals surface area (Å²) in [5, 5.41) is 5.91. The van der Waals surface area contributed by atoms with Crippen LogP contribution in [0.5, 0.6) is 5.75 Å². The molecule has 0 aliphatic rings. The van der Waals surface area contributed by atoms with E-state index in [1.165, 1.54) is 23.1 Å². The predicted molar refractivity (Wildman–Crippen MR) is 115 cm³/mol. The van der Waals surface area contributed by atoms with E-state index in [-0.39, 0.29) is 54.3 Å². The van der Waals surface area contributed by atoms with Crippen LogP contribution in [-0.2, 0) is 16.1 Å². The SMILES string of the molecule is CCOCCCNC(=NCc1ccccc1OC(F)(F)F)NCC(=O)N(C)C.I. The van der Waals surface area contributed by atoms with E-state index in [0.29, 0.717) is 32.1 Å². The Morgan fingerprint density at radius 2 is 1.90 bits per heavy atom. The van der Waals surface area contributed by atoms with Gasteiger partial charge in [0.05, 0.1) is 13.1 Å². The van der Waals surface area contributed by atoms with Crippen LogP contribution in [-0.4, -0.2) is 63.5 Å². The summed E-state index contributed by atoms with van der Waals surface area (Å²) in [5.74, 6) is -0.156. The van der Waals surface area contributed by atoms with E-state index in [1.807, 2.05) is 6.92 Å². The summed E-state index contributed by atoms with van der Waals surface area (Å²) in [4.78, 5) is 17.5. The van der Waals surface area contributed by atoms with Crippen LogP contribution in [0.1, 0.15) is 18.9 Å². The Kier molecular flexibility index (Phi) is 13.4. The molecule has 0 saturated carbocycles. The van der Waals surface area contributed by atoms with Crippen LogP contribution in [0.2, 0.25) is 0 Å². The molecule has 0 radical (unpaired) electrons. The zero-order chi connectivity index (χ0) is 21.0. The van der Waals surface area contributed by atoms with Gasteiger partial charge in [0.15, 0.2) is 5.96 Å². The largest absolute Gasteiger partial charge is 0.573 e. The number of nitrogens with one attached hydrogen (secondary N) is 2. The highest BCUT2D eigenvalue weighted by Gasteiger charge is 2.31. The van der Waals surface area contributed by atoms with Crippen LogP contribution in [0.3, 0.4) is 0 Å². The van der Waals surface area contributed by atoms with E-state index < -0.39 is 6.36 Å². The van der Waals surface area contributed by atoms with Crippen molar-refractivity contribution in [3.05, 3.63) is 29.8 Å². The van der Waals surface area contributed by atoms with Gasteiger partial charge in [0, 0.05) is 39.4 Å². The van der Waals surface area contributed by atoms with Gasteiger partial charge in [-0.3, -0.25) is 4.79 Å². The summed E-state index contributed by atoms with van der Waals surface area (Å²) in [5.41, 5.74) is 0.272. The van der Waals surface area contributed by atoms with Crippen molar-refractivity contribution in [1.82, 2.24) is 15.5 Å². The first-order chi connectivity index (χ1) is 13.2. The minimum absolute atomic E-state index is 0. The molecule has 0 saturated heterocycles. The molecule has 166 valence electrons. The summed E-state index contributed by atoms with van der Waals surface area (Å²) in [6.45, 7) is 3.56. The first kappa shape index (κ1) is 27.2. The monoisotopic (exact) mass is 532 g/mol. The number of halogens is 4. The zero-order valence-corrected chi connectivity index (χ0v) is 19.0. The molecule has 0 spiro atoms. The molecule has 7 nitrogen and oxygen atoms in total. The van der Waals surface area contributed by atoms with Crippen molar-refractivity contribution < 1.29 is 27.4 Å². The predicted octanol–water partition coefficient (Wildman–Crippen LogP) is 2.75. The number of aliphatic imine (C=N–C) groups is 1. The number of ether oxygens (including phenoxy) is 2. The van der Waals surface area contributed by atoms with Crippen molar-refractivity contribution in [2.75, 3.05) is 40.4 Å². The van der Waals surface area contributed by atoms with Gasteiger partial charge in [-0.15, -0.1) is 37.1 Å². The second-order valence-electron chi connectivity index (χ2n) is 5.94. The highest BCUT2D eigenvalue weighted by atomic mass is 127. The number of carbonyl (C=O) groups is 1. The Bertz CT molecular complexity index is 643. The van der Waals surface area contributed by atoms with Crippen molar-refractivity contribution >= 4 is 35.8 Å². The third-order valence-corrected chi connectivity index (χ3v) is 3.47. The molecule has 1 rings (SSSR count). The summed E-state index contributed by atoms with van der Waals surface area (Å²) < 4.78 is 46.9. The molecule has 11 heteroatoms. The van der Waals surface area contributed by atoms with Crippen molar-refractivity contribution in [2.45, 2.75) is 26.3 Å². The highest BCUT2D eigenvalue weighted by Crippen LogP contribution is 2.26. The average Bonchev–Trinajstić information content (AvgIpc) is 2.62. The molecule has 0 aliphatic heterocycles. The first-order valence-corrected chi connectivity index (χ1v) is 8.86. The van der Waals surface area contributed by atoms with Gasteiger partial charge in [0.2, 0.25) is 5.91 Å². The zero-order valence-electron chi connectivity index (χ0n) is 16.7. The van der Waals surface area contributed by atoms with Gasteiger partial charge in [-0.05, 0) is 19.4 Å². The molecular formula is C18H28F3IN4O3. The first-order valence-electron chi connectivity index (χ1n) is 8.86. The molecule has 2 N–H and O–H groups in total. The molecule has 0 fully saturated rings. The van der Waals surface area contributed by atoms with E-state index in [2.05, 4.69) is 20.4 Å². The minimum atomic E-state index is -4.78. The summed E-state index contributed by atoms with van der Waals surface area (Å²) in [6, 6.07) is 5.79. The molecule has 0 aromatic heterocycles. The number of benzene rings is 1. The van der Waals surface area contributed by atoms with Crippen molar-refractivity contribution in [1.29, 1.82) is 0 Å². The van der Waals surface area contributed by atoms with Crippen LogP contribution in [0.4, 0.5) is 13.2 Å². The fraction of sp³-hybridized carbons (Fsp3) is 0.556. The molecule has 0 atom stereocenters. The molecule has 1 aromatic carbocycles. The van der Waals surface area contributed by atoms with Gasteiger partial charge in [0.25, 0.3) is 0 Å². The van der Waals surface area contributed by atoms with Crippen LogP contribution in [0.25, 0.3) is 0 Å². The Labute approximate surface area is 186 Å². The number of guanidine groups is 1. The lowest BCUT2D eigenvalue weighted by molar-refractivity contribution is -0.274. The van der Waals surface area contributed by atoms with Crippen LogP contribution in [0, 0.1) is 0 Å². The van der Waals surface area contributed by atoms with Gasteiger partial charge < -0.3 is 25.0 Å². The Morgan fingerprint density at radius 1 is 1.21 bits per heavy atom. The molecule has 0 unspecified atom stereocenters. The smallest absolute Gasteiger partial charge is 0.405 e. The van der Waals surface area contributed by atoms with Crippen molar-refractivity contribution in [3.63, 3.8) is 0 Å². The van der Waals surface area contributed by atoms with E-state index in [4.69, 9.17) is 4.74 Å². The van der Waals surface area contributed by atoms with Gasteiger partial charge in [-0.1, -0.05) is 18.2 Å². The van der Waals surface area contributed by atoms with Gasteiger partial charge in [0.1, 0.15) is 5.75 Å². The van der Waals surface area contributed by atoms with Gasteiger partial charge in [-0.25, -0.2) is 4.99 Å². The Balaban J connectivity index is 0.00000784. The summed E-state index contributed by atoms with van der Waals surface area (Å²) >= 11 is 0. The lowest BCUT2D eigenvalue weighted by Gasteiger charge is -2.16. The second-order valence-corrected chi connectivity index (χ2v) is 5.94. The fourth-order valence-electron chi connectivity index (χ4n) is 2.04. The van der Waals surface area contributed by atoms with Crippen molar-refractivity contribution in [2.24, 2.45) is 4.99 Å². The standard InChI is InChI=1S/C18H27F3N4O3.HI/c1-4-27-11-7-10-22-17(24-13-16(26)25(2)3)23-12-14-8-5-6-9-15(14)28-18(19,20)21;/h5-6,8-9H,4,7,10-13H2,1-3H3,(H2,22,23,24);1H. The minimum Gasteiger partial charge on any atom is -0.405 e. The maximum Gasteiger partial charge on any atom is 0.573 e. The number of carbonyl (C=O) groups excluding carboxylic acids is 1. The molecule has 0 heterocycles. The third kappa shape index (κ3) is 12.4. The number of amides is 1. The molecule has 29 heavy (non-hydrogen) atoms. The number of rotatable bonds is 10. The number of alkyl halides is 3. The van der Waals surface area contributed by atoms with E-state index >= 15 is 0 Å². The number of hydrogen-bond acceptors (Lipinski definition) is 4. The number of nitrogens with zero attached hydrogens (tertiary/aromatic N) is 2. The lowest BCUT2D eigenvalue weighted by atomic mass is 10.2. The molecular weight excluding hydrogens is 504 g/mol. The number of likely N-dealkylation sites (N-methyl/N-ethyl adjacent to an activating group) is 1.